The summed E-state index contributed by atoms with van der Waals surface area (Å²) in [5, 5.41) is 0. The highest BCUT2D eigenvalue weighted by molar-refractivity contribution is 5.99. The van der Waals surface area contributed by atoms with Crippen molar-refractivity contribution >= 4 is 17.5 Å². The fourth-order valence-electron chi connectivity index (χ4n) is 2.45. The van der Waals surface area contributed by atoms with Crippen LogP contribution in [0.25, 0.3) is 0 Å². The molecule has 0 radical (unpaired) electrons. The highest BCUT2D eigenvalue weighted by Gasteiger charge is 2.33. The van der Waals surface area contributed by atoms with Crippen molar-refractivity contribution in [2.45, 2.75) is 26.8 Å². The molecule has 5 heteroatoms. The average molecular weight is 276 g/mol. The number of carbonyl (C=O) groups excluding carboxylic acids is 2. The second kappa shape index (κ2) is 5.94. The van der Waals surface area contributed by atoms with E-state index in [1.807, 2.05) is 31.2 Å². The van der Waals surface area contributed by atoms with E-state index >= 15 is 0 Å². The van der Waals surface area contributed by atoms with E-state index in [0.717, 1.165) is 11.4 Å². The lowest BCUT2D eigenvalue weighted by molar-refractivity contribution is -0.139. The summed E-state index contributed by atoms with van der Waals surface area (Å²) in [6.07, 6.45) is 0. The first-order valence-corrected chi connectivity index (χ1v) is 6.86. The van der Waals surface area contributed by atoms with Crippen LogP contribution in [0.4, 0.5) is 5.69 Å². The van der Waals surface area contributed by atoms with Gasteiger partial charge in [0.15, 0.2) is 0 Å². The van der Waals surface area contributed by atoms with Crippen LogP contribution >= 0.6 is 0 Å². The van der Waals surface area contributed by atoms with Crippen molar-refractivity contribution in [1.29, 1.82) is 0 Å². The van der Waals surface area contributed by atoms with Crippen molar-refractivity contribution in [3.63, 3.8) is 0 Å². The molecular formula is C15H20N2O3. The molecule has 5 nitrogen and oxygen atoms in total. The maximum atomic E-state index is 12.4. The van der Waals surface area contributed by atoms with Crippen LogP contribution < -0.4 is 9.64 Å². The second-order valence-electron chi connectivity index (χ2n) is 4.81. The van der Waals surface area contributed by atoms with Gasteiger partial charge in [0.25, 0.3) is 0 Å². The lowest BCUT2D eigenvalue weighted by atomic mass is 10.1. The Morgan fingerprint density at radius 1 is 1.30 bits per heavy atom. The van der Waals surface area contributed by atoms with Crippen LogP contribution in [0.1, 0.15) is 20.8 Å². The summed E-state index contributed by atoms with van der Waals surface area (Å²) in [7, 11) is 0. The van der Waals surface area contributed by atoms with Crippen molar-refractivity contribution < 1.29 is 14.3 Å². The maximum absolute atomic E-state index is 12.4. The fourth-order valence-corrected chi connectivity index (χ4v) is 2.45. The number of carbonyl (C=O) groups is 2. The van der Waals surface area contributed by atoms with Gasteiger partial charge in [-0.1, -0.05) is 0 Å². The number of hydrogen-bond acceptors (Lipinski definition) is 3. The van der Waals surface area contributed by atoms with Gasteiger partial charge >= 0.3 is 0 Å². The van der Waals surface area contributed by atoms with E-state index in [1.165, 1.54) is 6.92 Å². The minimum absolute atomic E-state index is 0.0457. The van der Waals surface area contributed by atoms with E-state index in [1.54, 1.807) is 16.7 Å². The van der Waals surface area contributed by atoms with Crippen molar-refractivity contribution in [1.82, 2.24) is 4.90 Å². The zero-order valence-electron chi connectivity index (χ0n) is 12.1. The van der Waals surface area contributed by atoms with Gasteiger partial charge < -0.3 is 14.5 Å². The molecule has 0 N–H and O–H groups in total. The molecule has 1 saturated heterocycles. The molecule has 0 bridgehead atoms. The summed E-state index contributed by atoms with van der Waals surface area (Å²) in [6.45, 7) is 6.90. The van der Waals surface area contributed by atoms with Gasteiger partial charge in [0.1, 0.15) is 11.8 Å². The Morgan fingerprint density at radius 2 is 1.95 bits per heavy atom. The standard InChI is InChI=1S/C15H20N2O3/c1-4-20-14-7-5-13(6-8-14)17-10-9-16(12(3)18)11(2)15(17)19/h5-8,11H,4,9-10H2,1-3H3. The minimum atomic E-state index is -0.409. The first-order chi connectivity index (χ1) is 9.54. The van der Waals surface area contributed by atoms with Gasteiger partial charge in [0.05, 0.1) is 6.61 Å². The highest BCUT2D eigenvalue weighted by atomic mass is 16.5. The van der Waals surface area contributed by atoms with Gasteiger partial charge in [0, 0.05) is 25.7 Å². The quantitative estimate of drug-likeness (QED) is 0.844. The van der Waals surface area contributed by atoms with E-state index in [9.17, 15) is 9.59 Å². The average Bonchev–Trinajstić information content (AvgIpc) is 2.43. The van der Waals surface area contributed by atoms with Crippen molar-refractivity contribution in [2.75, 3.05) is 24.6 Å². The normalized spacial score (nSPS) is 19.1. The van der Waals surface area contributed by atoms with Crippen LogP contribution in [0.3, 0.4) is 0 Å². The second-order valence-corrected chi connectivity index (χ2v) is 4.81. The summed E-state index contributed by atoms with van der Waals surface area (Å²) >= 11 is 0. The molecule has 2 rings (SSSR count). The number of hydrogen-bond donors (Lipinski definition) is 0. The summed E-state index contributed by atoms with van der Waals surface area (Å²) in [5.41, 5.74) is 0.841. The Hall–Kier alpha value is -2.04. The molecule has 1 aromatic carbocycles. The molecule has 2 amide bonds. The Kier molecular flexibility index (Phi) is 4.27. The molecule has 0 aromatic heterocycles. The van der Waals surface area contributed by atoms with E-state index in [0.29, 0.717) is 19.7 Å². The Balaban J connectivity index is 2.14. The first-order valence-electron chi connectivity index (χ1n) is 6.86. The molecule has 1 aliphatic heterocycles. The number of ether oxygens (including phenoxy) is 1. The Labute approximate surface area is 119 Å². The number of amides is 2. The number of piperazine rings is 1. The number of benzene rings is 1. The topological polar surface area (TPSA) is 49.9 Å². The van der Waals surface area contributed by atoms with Gasteiger partial charge in [0.2, 0.25) is 11.8 Å². The van der Waals surface area contributed by atoms with Gasteiger partial charge in [-0.3, -0.25) is 9.59 Å². The van der Waals surface area contributed by atoms with E-state index in [-0.39, 0.29) is 11.8 Å². The minimum Gasteiger partial charge on any atom is -0.494 e. The molecule has 0 spiro atoms. The highest BCUT2D eigenvalue weighted by Crippen LogP contribution is 2.23. The van der Waals surface area contributed by atoms with Gasteiger partial charge in [-0.2, -0.15) is 0 Å². The van der Waals surface area contributed by atoms with Crippen LogP contribution in [0, 0.1) is 0 Å². The van der Waals surface area contributed by atoms with E-state index < -0.39 is 6.04 Å². The smallest absolute Gasteiger partial charge is 0.249 e. The van der Waals surface area contributed by atoms with Gasteiger partial charge in [-0.05, 0) is 38.1 Å². The van der Waals surface area contributed by atoms with Crippen LogP contribution in [0.5, 0.6) is 5.75 Å². The van der Waals surface area contributed by atoms with Crippen molar-refractivity contribution in [2.24, 2.45) is 0 Å². The summed E-state index contributed by atoms with van der Waals surface area (Å²) in [4.78, 5) is 27.1. The SMILES string of the molecule is CCOc1ccc(N2CCN(C(C)=O)C(C)C2=O)cc1. The molecule has 1 atom stereocenters. The van der Waals surface area contributed by atoms with Crippen LogP contribution in [0.15, 0.2) is 24.3 Å². The molecule has 1 aliphatic rings. The Bertz CT molecular complexity index is 498. The first kappa shape index (κ1) is 14.4. The molecular weight excluding hydrogens is 256 g/mol. The van der Waals surface area contributed by atoms with Crippen molar-refractivity contribution in [3.05, 3.63) is 24.3 Å². The molecule has 0 saturated carbocycles. The van der Waals surface area contributed by atoms with E-state index in [4.69, 9.17) is 4.74 Å². The van der Waals surface area contributed by atoms with Crippen molar-refractivity contribution in [3.8, 4) is 5.75 Å². The predicted octanol–water partition coefficient (Wildman–Crippen LogP) is 1.67. The largest absolute Gasteiger partial charge is 0.494 e. The zero-order valence-corrected chi connectivity index (χ0v) is 12.1. The number of anilines is 1. The Morgan fingerprint density at radius 3 is 2.50 bits per heavy atom. The lowest BCUT2D eigenvalue weighted by Crippen LogP contribution is -2.57. The van der Waals surface area contributed by atoms with E-state index in [2.05, 4.69) is 0 Å². The molecule has 0 aliphatic carbocycles. The van der Waals surface area contributed by atoms with Gasteiger partial charge in [-0.15, -0.1) is 0 Å². The predicted molar refractivity (Wildman–Crippen MR) is 76.8 cm³/mol. The van der Waals surface area contributed by atoms with Gasteiger partial charge in [-0.25, -0.2) is 0 Å². The third-order valence-electron chi connectivity index (χ3n) is 3.52. The molecule has 20 heavy (non-hydrogen) atoms. The number of rotatable bonds is 3. The molecule has 1 unspecified atom stereocenters. The summed E-state index contributed by atoms with van der Waals surface area (Å²) in [6, 6.07) is 7.05. The maximum Gasteiger partial charge on any atom is 0.249 e. The monoisotopic (exact) mass is 276 g/mol. The van der Waals surface area contributed by atoms with Crippen LogP contribution in [0.2, 0.25) is 0 Å². The third kappa shape index (κ3) is 2.76. The number of nitrogens with zero attached hydrogens (tertiary/aromatic N) is 2. The lowest BCUT2D eigenvalue weighted by Gasteiger charge is -2.38. The summed E-state index contributed by atoms with van der Waals surface area (Å²) < 4.78 is 5.39. The van der Waals surface area contributed by atoms with Crippen LogP contribution in [-0.4, -0.2) is 42.5 Å². The fraction of sp³-hybridized carbons (Fsp3) is 0.467. The summed E-state index contributed by atoms with van der Waals surface area (Å²) in [5.74, 6) is 0.687. The third-order valence-corrected chi connectivity index (χ3v) is 3.52. The van der Waals surface area contributed by atoms with Crippen LogP contribution in [-0.2, 0) is 9.59 Å². The zero-order chi connectivity index (χ0) is 14.7. The molecule has 108 valence electrons. The molecule has 1 heterocycles. The molecule has 1 fully saturated rings. The molecule has 1 aromatic rings.